The lowest BCUT2D eigenvalue weighted by Gasteiger charge is -2.32. The Morgan fingerprint density at radius 2 is 1.86 bits per heavy atom. The normalized spacial score (nSPS) is 19.2. The first-order valence-electron chi connectivity index (χ1n) is 7.36. The first-order chi connectivity index (χ1) is 10.4. The van der Waals surface area contributed by atoms with E-state index in [1.54, 1.807) is 11.8 Å². The van der Waals surface area contributed by atoms with Crippen LogP contribution in [0.1, 0.15) is 25.8 Å². The van der Waals surface area contributed by atoms with Crippen LogP contribution < -0.4 is 5.14 Å². The first kappa shape index (κ1) is 17.6. The quantitative estimate of drug-likeness (QED) is 0.602. The molecule has 2 N–H and O–H groups in total. The molecule has 1 aliphatic rings. The summed E-state index contributed by atoms with van der Waals surface area (Å²) in [4.78, 5) is 11.0. The summed E-state index contributed by atoms with van der Waals surface area (Å²) in [6.45, 7) is 7.23. The molecule has 0 aliphatic carbocycles. The minimum absolute atomic E-state index is 0.432. The molecule has 0 saturated carbocycles. The van der Waals surface area contributed by atoms with Gasteiger partial charge in [0, 0.05) is 55.9 Å². The van der Waals surface area contributed by atoms with Gasteiger partial charge in [-0.3, -0.25) is 4.90 Å². The van der Waals surface area contributed by atoms with Crippen LogP contribution in [-0.4, -0.2) is 59.0 Å². The van der Waals surface area contributed by atoms with Gasteiger partial charge in [-0.05, 0) is 6.42 Å². The second-order valence-electron chi connectivity index (χ2n) is 5.43. The largest absolute Gasteiger partial charge is 0.296 e. The standard InChI is InChI=1S/C13H23N5O2S2/c1-3-11(2)21-13-15-8-12(9-16-13)10-17-4-6-18(7-5-17)22(14,19)20/h8-9,11H,3-7,10H2,1-2H3,(H2,14,19,20)/t11-/m1/s1. The van der Waals surface area contributed by atoms with E-state index < -0.39 is 10.2 Å². The van der Waals surface area contributed by atoms with Crippen molar-refractivity contribution >= 4 is 22.0 Å². The lowest BCUT2D eigenvalue weighted by Crippen LogP contribution is -2.50. The number of thioether (sulfide) groups is 1. The van der Waals surface area contributed by atoms with E-state index in [-0.39, 0.29) is 0 Å². The smallest absolute Gasteiger partial charge is 0.276 e. The van der Waals surface area contributed by atoms with Crippen molar-refractivity contribution in [3.05, 3.63) is 18.0 Å². The second-order valence-corrected chi connectivity index (χ2v) is 8.38. The van der Waals surface area contributed by atoms with Crippen LogP contribution in [0.5, 0.6) is 0 Å². The SMILES string of the molecule is CC[C@@H](C)Sc1ncc(CN2CCN(S(N)(=O)=O)CC2)cn1. The summed E-state index contributed by atoms with van der Waals surface area (Å²) >= 11 is 1.68. The minimum atomic E-state index is -3.56. The number of hydrogen-bond acceptors (Lipinski definition) is 6. The average Bonchev–Trinajstić information content (AvgIpc) is 2.49. The van der Waals surface area contributed by atoms with E-state index in [2.05, 4.69) is 28.7 Å². The predicted octanol–water partition coefficient (Wildman–Crippen LogP) is 0.688. The van der Waals surface area contributed by atoms with Crippen LogP contribution in [0.25, 0.3) is 0 Å². The summed E-state index contributed by atoms with van der Waals surface area (Å²) in [6, 6.07) is 0. The summed E-state index contributed by atoms with van der Waals surface area (Å²) in [7, 11) is -3.56. The lowest BCUT2D eigenvalue weighted by molar-refractivity contribution is 0.181. The van der Waals surface area contributed by atoms with Gasteiger partial charge in [0.25, 0.3) is 10.2 Å². The third kappa shape index (κ3) is 5.17. The highest BCUT2D eigenvalue weighted by atomic mass is 32.2. The Labute approximate surface area is 136 Å². The number of piperazine rings is 1. The van der Waals surface area contributed by atoms with E-state index >= 15 is 0 Å². The third-order valence-corrected chi connectivity index (χ3v) is 5.90. The molecule has 0 aromatic carbocycles. The van der Waals surface area contributed by atoms with Crippen molar-refractivity contribution in [1.29, 1.82) is 0 Å². The van der Waals surface area contributed by atoms with Gasteiger partial charge in [0.2, 0.25) is 0 Å². The zero-order valence-electron chi connectivity index (χ0n) is 13.0. The Morgan fingerprint density at radius 3 is 2.36 bits per heavy atom. The molecular weight excluding hydrogens is 322 g/mol. The van der Waals surface area contributed by atoms with E-state index in [0.29, 0.717) is 31.4 Å². The van der Waals surface area contributed by atoms with Crippen molar-refractivity contribution in [3.63, 3.8) is 0 Å². The van der Waals surface area contributed by atoms with E-state index in [1.165, 1.54) is 4.31 Å². The number of nitrogens with two attached hydrogens (primary N) is 1. The molecule has 2 heterocycles. The molecule has 1 saturated heterocycles. The molecule has 7 nitrogen and oxygen atoms in total. The average molecular weight is 345 g/mol. The van der Waals surface area contributed by atoms with E-state index in [9.17, 15) is 8.42 Å². The summed E-state index contributed by atoms with van der Waals surface area (Å²) in [6.07, 6.45) is 4.79. The number of aromatic nitrogens is 2. The molecule has 124 valence electrons. The molecule has 0 unspecified atom stereocenters. The molecule has 0 amide bonds. The summed E-state index contributed by atoms with van der Waals surface area (Å²) in [5, 5.41) is 6.45. The highest BCUT2D eigenvalue weighted by Crippen LogP contribution is 2.21. The van der Waals surface area contributed by atoms with Crippen LogP contribution in [0.4, 0.5) is 0 Å². The van der Waals surface area contributed by atoms with Gasteiger partial charge < -0.3 is 0 Å². The van der Waals surface area contributed by atoms with Crippen molar-refractivity contribution in [1.82, 2.24) is 19.2 Å². The monoisotopic (exact) mass is 345 g/mol. The van der Waals surface area contributed by atoms with E-state index in [1.807, 2.05) is 12.4 Å². The van der Waals surface area contributed by atoms with Crippen LogP contribution in [-0.2, 0) is 16.8 Å². The molecule has 0 spiro atoms. The van der Waals surface area contributed by atoms with E-state index in [0.717, 1.165) is 23.7 Å². The van der Waals surface area contributed by atoms with Crippen LogP contribution in [0.3, 0.4) is 0 Å². The summed E-state index contributed by atoms with van der Waals surface area (Å²) in [5.74, 6) is 0. The Morgan fingerprint density at radius 1 is 1.27 bits per heavy atom. The van der Waals surface area contributed by atoms with Crippen molar-refractivity contribution in [2.24, 2.45) is 5.14 Å². The topological polar surface area (TPSA) is 92.4 Å². The van der Waals surface area contributed by atoms with Crippen LogP contribution in [0, 0.1) is 0 Å². The number of hydrogen-bond donors (Lipinski definition) is 1. The highest BCUT2D eigenvalue weighted by molar-refractivity contribution is 7.99. The van der Waals surface area contributed by atoms with Crippen molar-refractivity contribution in [2.75, 3.05) is 26.2 Å². The molecule has 1 atom stereocenters. The Hall–Kier alpha value is -0.740. The first-order valence-corrected chi connectivity index (χ1v) is 9.74. The maximum absolute atomic E-state index is 11.3. The second kappa shape index (κ2) is 7.69. The molecular formula is C13H23N5O2S2. The third-order valence-electron chi connectivity index (χ3n) is 3.66. The van der Waals surface area contributed by atoms with Gasteiger partial charge in [-0.15, -0.1) is 0 Å². The summed E-state index contributed by atoms with van der Waals surface area (Å²) in [5.41, 5.74) is 1.04. The number of rotatable bonds is 6. The van der Waals surface area contributed by atoms with Crippen molar-refractivity contribution in [3.8, 4) is 0 Å². The molecule has 1 aliphatic heterocycles. The maximum Gasteiger partial charge on any atom is 0.276 e. The minimum Gasteiger partial charge on any atom is -0.296 e. The Balaban J connectivity index is 1.85. The fourth-order valence-electron chi connectivity index (χ4n) is 2.15. The lowest BCUT2D eigenvalue weighted by atomic mass is 10.3. The molecule has 0 bridgehead atoms. The van der Waals surface area contributed by atoms with Gasteiger partial charge in [-0.2, -0.15) is 12.7 Å². The molecule has 1 aromatic heterocycles. The zero-order chi connectivity index (χ0) is 16.2. The van der Waals surface area contributed by atoms with Crippen molar-refractivity contribution < 1.29 is 8.42 Å². The van der Waals surface area contributed by atoms with Crippen molar-refractivity contribution in [2.45, 2.75) is 37.2 Å². The predicted molar refractivity (Wildman–Crippen MR) is 87.6 cm³/mol. The molecule has 1 fully saturated rings. The highest BCUT2D eigenvalue weighted by Gasteiger charge is 2.23. The Bertz CT molecular complexity index is 571. The maximum atomic E-state index is 11.3. The van der Waals surface area contributed by atoms with Crippen LogP contribution in [0.15, 0.2) is 17.6 Å². The molecule has 1 aromatic rings. The fourth-order valence-corrected chi connectivity index (χ4v) is 3.57. The fraction of sp³-hybridized carbons (Fsp3) is 0.692. The molecule has 2 rings (SSSR count). The van der Waals surface area contributed by atoms with Gasteiger partial charge >= 0.3 is 0 Å². The Kier molecular flexibility index (Phi) is 6.16. The van der Waals surface area contributed by atoms with Gasteiger partial charge in [-0.25, -0.2) is 15.1 Å². The van der Waals surface area contributed by atoms with Gasteiger partial charge in [0.15, 0.2) is 5.16 Å². The van der Waals surface area contributed by atoms with Crippen LogP contribution >= 0.6 is 11.8 Å². The number of nitrogens with zero attached hydrogens (tertiary/aromatic N) is 4. The molecule has 0 radical (unpaired) electrons. The zero-order valence-corrected chi connectivity index (χ0v) is 14.6. The van der Waals surface area contributed by atoms with Crippen LogP contribution in [0.2, 0.25) is 0 Å². The molecule has 9 heteroatoms. The van der Waals surface area contributed by atoms with Gasteiger partial charge in [-0.1, -0.05) is 25.6 Å². The summed E-state index contributed by atoms with van der Waals surface area (Å²) < 4.78 is 23.8. The van der Waals surface area contributed by atoms with Gasteiger partial charge in [0.05, 0.1) is 0 Å². The van der Waals surface area contributed by atoms with Gasteiger partial charge in [0.1, 0.15) is 0 Å². The molecule has 22 heavy (non-hydrogen) atoms. The van der Waals surface area contributed by atoms with E-state index in [4.69, 9.17) is 5.14 Å².